The summed E-state index contributed by atoms with van der Waals surface area (Å²) in [5, 5.41) is 0. The van der Waals surface area contributed by atoms with Crippen LogP contribution in [-0.2, 0) is 24.6 Å². The van der Waals surface area contributed by atoms with Gasteiger partial charge in [0, 0.05) is 28.7 Å². The topological polar surface area (TPSA) is 121 Å². The standard InChI is InChI=1S/C25H20O8/c1-5-23(30)32-15-7-9-19(17(11-15)21(28)13-26)25(3,4)20-10-8-16(33-24(31)6-2)12-18(20)22(29)14-27/h5-14H,1-2H2,3-4H3. The molecule has 0 aliphatic carbocycles. The molecule has 168 valence electrons. The highest BCUT2D eigenvalue weighted by Crippen LogP contribution is 2.38. The molecule has 33 heavy (non-hydrogen) atoms. The van der Waals surface area contributed by atoms with E-state index in [-0.39, 0.29) is 35.2 Å². The summed E-state index contributed by atoms with van der Waals surface area (Å²) in [5.41, 5.74) is -0.557. The Bertz CT molecular complexity index is 1100. The number of Topliss-reactive ketones (excluding diaryl/α,β-unsaturated/α-hetero) is 2. The van der Waals surface area contributed by atoms with Crippen LogP contribution in [-0.4, -0.2) is 36.1 Å². The molecule has 8 nitrogen and oxygen atoms in total. The quantitative estimate of drug-likeness (QED) is 0.136. The number of carbonyl (C=O) groups excluding carboxylic acids is 6. The fourth-order valence-corrected chi connectivity index (χ4v) is 3.26. The van der Waals surface area contributed by atoms with E-state index in [2.05, 4.69) is 13.2 Å². The smallest absolute Gasteiger partial charge is 0.335 e. The number of ketones is 2. The molecule has 0 aliphatic heterocycles. The first kappa shape index (κ1) is 24.8. The molecule has 0 unspecified atom stereocenters. The number of hydrogen-bond donors (Lipinski definition) is 0. The van der Waals surface area contributed by atoms with E-state index in [9.17, 15) is 28.8 Å². The summed E-state index contributed by atoms with van der Waals surface area (Å²) in [4.78, 5) is 70.3. The lowest BCUT2D eigenvalue weighted by molar-refractivity contribution is -0.129. The zero-order chi connectivity index (χ0) is 24.8. The van der Waals surface area contributed by atoms with Gasteiger partial charge >= 0.3 is 11.9 Å². The van der Waals surface area contributed by atoms with Crippen molar-refractivity contribution in [2.75, 3.05) is 0 Å². The fourth-order valence-electron chi connectivity index (χ4n) is 3.26. The Hall–Kier alpha value is -4.46. The minimum atomic E-state index is -1.09. The number of esters is 2. The number of carbonyl (C=O) groups is 6. The van der Waals surface area contributed by atoms with Crippen LogP contribution in [0.3, 0.4) is 0 Å². The second-order valence-electron chi connectivity index (χ2n) is 7.25. The number of ether oxygens (including phenoxy) is 2. The van der Waals surface area contributed by atoms with Crippen molar-refractivity contribution in [3.8, 4) is 11.5 Å². The summed E-state index contributed by atoms with van der Waals surface area (Å²) >= 11 is 0. The van der Waals surface area contributed by atoms with Gasteiger partial charge in [-0.15, -0.1) is 0 Å². The highest BCUT2D eigenvalue weighted by atomic mass is 16.5. The summed E-state index contributed by atoms with van der Waals surface area (Å²) in [6.45, 7) is 9.94. The summed E-state index contributed by atoms with van der Waals surface area (Å²) < 4.78 is 10.1. The van der Waals surface area contributed by atoms with Crippen LogP contribution in [0.1, 0.15) is 45.7 Å². The Kier molecular flexibility index (Phi) is 7.69. The van der Waals surface area contributed by atoms with Crippen molar-refractivity contribution >= 4 is 36.1 Å². The van der Waals surface area contributed by atoms with Gasteiger partial charge in [0.2, 0.25) is 11.6 Å². The van der Waals surface area contributed by atoms with Crippen LogP contribution in [0.25, 0.3) is 0 Å². The first-order chi connectivity index (χ1) is 15.6. The van der Waals surface area contributed by atoms with Crippen molar-refractivity contribution in [2.24, 2.45) is 0 Å². The van der Waals surface area contributed by atoms with Crippen LogP contribution in [0, 0.1) is 0 Å². The monoisotopic (exact) mass is 448 g/mol. The Balaban J connectivity index is 2.71. The predicted molar refractivity (Wildman–Crippen MR) is 117 cm³/mol. The van der Waals surface area contributed by atoms with Gasteiger partial charge in [-0.3, -0.25) is 19.2 Å². The fraction of sp³-hybridized carbons (Fsp3) is 0.120. The highest BCUT2D eigenvalue weighted by Gasteiger charge is 2.32. The number of rotatable bonds is 10. The van der Waals surface area contributed by atoms with E-state index in [1.165, 1.54) is 36.4 Å². The van der Waals surface area contributed by atoms with Crippen molar-refractivity contribution in [1.29, 1.82) is 0 Å². The third-order valence-electron chi connectivity index (χ3n) is 4.84. The Labute approximate surface area is 189 Å². The van der Waals surface area contributed by atoms with E-state index in [0.717, 1.165) is 12.2 Å². The molecule has 0 spiro atoms. The summed E-state index contributed by atoms with van der Waals surface area (Å²) in [7, 11) is 0. The number of aldehydes is 2. The van der Waals surface area contributed by atoms with Gasteiger partial charge in [-0.05, 0) is 35.4 Å². The minimum Gasteiger partial charge on any atom is -0.423 e. The normalized spacial score (nSPS) is 10.5. The van der Waals surface area contributed by atoms with Crippen molar-refractivity contribution in [1.82, 2.24) is 0 Å². The SMILES string of the molecule is C=CC(=O)Oc1ccc(C(C)(C)c2ccc(OC(=O)C=C)cc2C(=O)C=O)c(C(=O)C=O)c1. The third kappa shape index (κ3) is 5.43. The molecular formula is C25H20O8. The second-order valence-corrected chi connectivity index (χ2v) is 7.25. The summed E-state index contributed by atoms with van der Waals surface area (Å²) in [6.07, 6.45) is 2.11. The third-order valence-corrected chi connectivity index (χ3v) is 4.84. The first-order valence-electron chi connectivity index (χ1n) is 9.55. The van der Waals surface area contributed by atoms with Crippen LogP contribution in [0.5, 0.6) is 11.5 Å². The van der Waals surface area contributed by atoms with Crippen molar-refractivity contribution in [2.45, 2.75) is 19.3 Å². The van der Waals surface area contributed by atoms with Gasteiger partial charge in [-0.2, -0.15) is 0 Å². The van der Waals surface area contributed by atoms with Gasteiger partial charge in [0.05, 0.1) is 0 Å². The maximum atomic E-state index is 12.4. The van der Waals surface area contributed by atoms with E-state index in [0.29, 0.717) is 11.1 Å². The zero-order valence-corrected chi connectivity index (χ0v) is 18.0. The molecule has 0 N–H and O–H groups in total. The molecule has 0 saturated heterocycles. The molecule has 0 aliphatic rings. The van der Waals surface area contributed by atoms with Crippen LogP contribution in [0.4, 0.5) is 0 Å². The lowest BCUT2D eigenvalue weighted by Crippen LogP contribution is -2.26. The average molecular weight is 448 g/mol. The van der Waals surface area contributed by atoms with E-state index < -0.39 is 28.9 Å². The maximum Gasteiger partial charge on any atom is 0.335 e. The Morgan fingerprint density at radius 1 is 0.727 bits per heavy atom. The number of hydrogen-bond acceptors (Lipinski definition) is 8. The average Bonchev–Trinajstić information content (AvgIpc) is 2.82. The van der Waals surface area contributed by atoms with Gasteiger partial charge in [-0.1, -0.05) is 39.1 Å². The molecule has 0 heterocycles. The molecule has 0 saturated carbocycles. The lowest BCUT2D eigenvalue weighted by Gasteiger charge is -2.30. The second kappa shape index (κ2) is 10.2. The Morgan fingerprint density at radius 3 is 1.39 bits per heavy atom. The minimum absolute atomic E-state index is 0.0144. The van der Waals surface area contributed by atoms with Crippen molar-refractivity contribution < 1.29 is 38.2 Å². The van der Waals surface area contributed by atoms with Gasteiger partial charge in [0.1, 0.15) is 11.5 Å². The summed E-state index contributed by atoms with van der Waals surface area (Å²) in [6, 6.07) is 8.25. The number of benzene rings is 2. The molecule has 2 aromatic carbocycles. The largest absolute Gasteiger partial charge is 0.423 e. The molecule has 8 heteroatoms. The zero-order valence-electron chi connectivity index (χ0n) is 18.0. The molecular weight excluding hydrogens is 428 g/mol. The first-order valence-corrected chi connectivity index (χ1v) is 9.55. The van der Waals surface area contributed by atoms with Crippen LogP contribution in [0.15, 0.2) is 61.7 Å². The molecule has 0 aromatic heterocycles. The van der Waals surface area contributed by atoms with E-state index in [4.69, 9.17) is 9.47 Å². The molecule has 2 rings (SSSR count). The van der Waals surface area contributed by atoms with E-state index in [1.54, 1.807) is 13.8 Å². The van der Waals surface area contributed by atoms with Crippen molar-refractivity contribution in [3.05, 3.63) is 84.0 Å². The highest BCUT2D eigenvalue weighted by molar-refractivity contribution is 6.34. The molecule has 0 atom stereocenters. The van der Waals surface area contributed by atoms with Crippen molar-refractivity contribution in [3.63, 3.8) is 0 Å². The maximum absolute atomic E-state index is 12.4. The Morgan fingerprint density at radius 2 is 1.09 bits per heavy atom. The van der Waals surface area contributed by atoms with Gasteiger partial charge in [-0.25, -0.2) is 9.59 Å². The molecule has 2 aromatic rings. The van der Waals surface area contributed by atoms with Crippen LogP contribution in [0.2, 0.25) is 0 Å². The molecule has 0 amide bonds. The van der Waals surface area contributed by atoms with E-state index in [1.807, 2.05) is 0 Å². The molecule has 0 bridgehead atoms. The van der Waals surface area contributed by atoms with Gasteiger partial charge in [0.25, 0.3) is 0 Å². The molecule has 0 fully saturated rings. The predicted octanol–water partition coefficient (Wildman–Crippen LogP) is 2.96. The van der Waals surface area contributed by atoms with E-state index >= 15 is 0 Å². The van der Waals surface area contributed by atoms with Gasteiger partial charge in [0.15, 0.2) is 12.6 Å². The summed E-state index contributed by atoms with van der Waals surface area (Å²) in [5.74, 6) is -3.24. The van der Waals surface area contributed by atoms with Crippen LogP contribution >= 0.6 is 0 Å². The van der Waals surface area contributed by atoms with Crippen LogP contribution < -0.4 is 9.47 Å². The van der Waals surface area contributed by atoms with Gasteiger partial charge < -0.3 is 9.47 Å². The molecule has 0 radical (unpaired) electrons. The lowest BCUT2D eigenvalue weighted by atomic mass is 9.73.